The minimum atomic E-state index is 0.897. The average molecular weight is 435 g/mol. The SMILES string of the molecule is CCCCCCc1ccc(-c2ccc(CCC3CCC(CCCCCC)CC3)nn2)cc1. The number of nitrogens with zero attached hydrogens (tertiary/aromatic N) is 2. The van der Waals surface area contributed by atoms with E-state index >= 15 is 0 Å². The van der Waals surface area contributed by atoms with Crippen LogP contribution in [0.4, 0.5) is 0 Å². The van der Waals surface area contributed by atoms with Gasteiger partial charge >= 0.3 is 0 Å². The third-order valence-electron chi connectivity index (χ3n) is 7.53. The van der Waals surface area contributed by atoms with Gasteiger partial charge in [-0.3, -0.25) is 0 Å². The van der Waals surface area contributed by atoms with Gasteiger partial charge < -0.3 is 0 Å². The van der Waals surface area contributed by atoms with Crippen LogP contribution in [0.1, 0.15) is 115 Å². The molecule has 1 aliphatic carbocycles. The van der Waals surface area contributed by atoms with E-state index in [9.17, 15) is 0 Å². The van der Waals surface area contributed by atoms with E-state index in [1.54, 1.807) is 0 Å². The molecular formula is C30H46N2. The van der Waals surface area contributed by atoms with E-state index in [0.29, 0.717) is 0 Å². The summed E-state index contributed by atoms with van der Waals surface area (Å²) in [6.07, 6.45) is 21.7. The molecule has 0 spiro atoms. The highest BCUT2D eigenvalue weighted by Crippen LogP contribution is 2.34. The molecule has 2 aromatic rings. The molecule has 1 fully saturated rings. The van der Waals surface area contributed by atoms with Crippen molar-refractivity contribution < 1.29 is 0 Å². The summed E-state index contributed by atoms with van der Waals surface area (Å²) in [4.78, 5) is 0. The third-order valence-corrected chi connectivity index (χ3v) is 7.53. The van der Waals surface area contributed by atoms with Crippen molar-refractivity contribution in [2.75, 3.05) is 0 Å². The summed E-state index contributed by atoms with van der Waals surface area (Å²) in [5.41, 5.74) is 4.77. The summed E-state index contributed by atoms with van der Waals surface area (Å²) in [5, 5.41) is 9.09. The third kappa shape index (κ3) is 8.68. The lowest BCUT2D eigenvalue weighted by Gasteiger charge is -2.28. The van der Waals surface area contributed by atoms with Crippen LogP contribution in [0.15, 0.2) is 36.4 Å². The maximum Gasteiger partial charge on any atom is 0.0929 e. The molecule has 0 N–H and O–H groups in total. The molecule has 2 heteroatoms. The number of aromatic nitrogens is 2. The summed E-state index contributed by atoms with van der Waals surface area (Å²) in [6, 6.07) is 13.3. The van der Waals surface area contributed by atoms with Crippen LogP contribution < -0.4 is 0 Å². The first kappa shape index (κ1) is 24.9. The predicted molar refractivity (Wildman–Crippen MR) is 138 cm³/mol. The smallest absolute Gasteiger partial charge is 0.0929 e. The van der Waals surface area contributed by atoms with Crippen LogP contribution >= 0.6 is 0 Å². The van der Waals surface area contributed by atoms with Crippen molar-refractivity contribution in [2.24, 2.45) is 11.8 Å². The van der Waals surface area contributed by atoms with E-state index in [2.05, 4.69) is 60.4 Å². The fourth-order valence-corrected chi connectivity index (χ4v) is 5.27. The Balaban J connectivity index is 1.37. The summed E-state index contributed by atoms with van der Waals surface area (Å²) >= 11 is 0. The molecule has 0 atom stereocenters. The van der Waals surface area contributed by atoms with Crippen molar-refractivity contribution in [1.82, 2.24) is 10.2 Å². The van der Waals surface area contributed by atoms with Gasteiger partial charge in [0, 0.05) is 5.56 Å². The lowest BCUT2D eigenvalue weighted by Crippen LogP contribution is -2.15. The molecule has 2 nitrogen and oxygen atoms in total. The van der Waals surface area contributed by atoms with Crippen LogP contribution in [-0.2, 0) is 12.8 Å². The van der Waals surface area contributed by atoms with Gasteiger partial charge in [-0.15, -0.1) is 0 Å². The van der Waals surface area contributed by atoms with E-state index in [-0.39, 0.29) is 0 Å². The van der Waals surface area contributed by atoms with Crippen molar-refractivity contribution in [3.63, 3.8) is 0 Å². The molecule has 1 aromatic carbocycles. The number of benzene rings is 1. The molecule has 0 radical (unpaired) electrons. The molecule has 32 heavy (non-hydrogen) atoms. The van der Waals surface area contributed by atoms with E-state index in [0.717, 1.165) is 29.6 Å². The molecule has 3 rings (SSSR count). The Bertz CT molecular complexity index is 726. The average Bonchev–Trinajstić information content (AvgIpc) is 2.85. The van der Waals surface area contributed by atoms with Crippen LogP contribution in [0.25, 0.3) is 11.3 Å². The lowest BCUT2D eigenvalue weighted by molar-refractivity contribution is 0.248. The first-order chi connectivity index (χ1) is 15.8. The Hall–Kier alpha value is -1.70. The minimum absolute atomic E-state index is 0.897. The number of aryl methyl sites for hydroxylation is 2. The van der Waals surface area contributed by atoms with Crippen LogP contribution in [0, 0.1) is 11.8 Å². The van der Waals surface area contributed by atoms with Crippen molar-refractivity contribution in [2.45, 2.75) is 117 Å². The number of rotatable bonds is 14. The second-order valence-corrected chi connectivity index (χ2v) is 10.2. The van der Waals surface area contributed by atoms with Gasteiger partial charge in [0.25, 0.3) is 0 Å². The maximum absolute atomic E-state index is 4.55. The van der Waals surface area contributed by atoms with E-state index in [1.165, 1.54) is 107 Å². The molecule has 0 amide bonds. The van der Waals surface area contributed by atoms with Gasteiger partial charge in [0.2, 0.25) is 0 Å². The largest absolute Gasteiger partial charge is 0.155 e. The molecular weight excluding hydrogens is 388 g/mol. The van der Waals surface area contributed by atoms with Crippen molar-refractivity contribution >= 4 is 0 Å². The zero-order valence-corrected chi connectivity index (χ0v) is 20.8. The Morgan fingerprint density at radius 2 is 1.28 bits per heavy atom. The standard InChI is InChI=1S/C30H46N2/c1-3-5-7-9-11-25-13-15-27(16-14-25)19-22-29-23-24-30(32-31-29)28-20-17-26(18-21-28)12-10-8-6-4-2/h17-18,20-21,23-25,27H,3-16,19,22H2,1-2H3. The van der Waals surface area contributed by atoms with Gasteiger partial charge in [-0.2, -0.15) is 10.2 Å². The highest BCUT2D eigenvalue weighted by molar-refractivity contribution is 5.58. The first-order valence-electron chi connectivity index (χ1n) is 13.7. The van der Waals surface area contributed by atoms with Gasteiger partial charge in [0.1, 0.15) is 0 Å². The second-order valence-electron chi connectivity index (χ2n) is 10.2. The maximum atomic E-state index is 4.55. The van der Waals surface area contributed by atoms with Crippen molar-refractivity contribution in [3.05, 3.63) is 47.7 Å². The monoisotopic (exact) mass is 434 g/mol. The molecule has 0 bridgehead atoms. The second kappa shape index (κ2) is 14.4. The number of hydrogen-bond acceptors (Lipinski definition) is 2. The fourth-order valence-electron chi connectivity index (χ4n) is 5.27. The Morgan fingerprint density at radius 3 is 1.91 bits per heavy atom. The van der Waals surface area contributed by atoms with Gasteiger partial charge in [0.15, 0.2) is 0 Å². The summed E-state index contributed by atoms with van der Waals surface area (Å²) in [6.45, 7) is 4.57. The zero-order chi connectivity index (χ0) is 22.4. The quantitative estimate of drug-likeness (QED) is 0.277. The Morgan fingerprint density at radius 1 is 0.625 bits per heavy atom. The van der Waals surface area contributed by atoms with Crippen molar-refractivity contribution in [1.29, 1.82) is 0 Å². The highest BCUT2D eigenvalue weighted by Gasteiger charge is 2.20. The molecule has 0 saturated heterocycles. The van der Waals surface area contributed by atoms with Crippen LogP contribution in [0.3, 0.4) is 0 Å². The lowest BCUT2D eigenvalue weighted by atomic mass is 9.78. The highest BCUT2D eigenvalue weighted by atomic mass is 15.1. The van der Waals surface area contributed by atoms with Crippen LogP contribution in [0.5, 0.6) is 0 Å². The summed E-state index contributed by atoms with van der Waals surface area (Å²) < 4.78 is 0. The van der Waals surface area contributed by atoms with Gasteiger partial charge in [-0.25, -0.2) is 0 Å². The fraction of sp³-hybridized carbons (Fsp3) is 0.667. The molecule has 1 saturated carbocycles. The molecule has 0 aliphatic heterocycles. The normalized spacial score (nSPS) is 18.7. The Labute approximate surface area is 197 Å². The molecule has 1 heterocycles. The molecule has 1 aliphatic rings. The van der Waals surface area contributed by atoms with Crippen molar-refractivity contribution in [3.8, 4) is 11.3 Å². The van der Waals surface area contributed by atoms with Gasteiger partial charge in [0.05, 0.1) is 11.4 Å². The molecule has 0 unspecified atom stereocenters. The zero-order valence-electron chi connectivity index (χ0n) is 20.8. The van der Waals surface area contributed by atoms with Crippen LogP contribution in [0.2, 0.25) is 0 Å². The van der Waals surface area contributed by atoms with E-state index in [1.807, 2.05) is 0 Å². The topological polar surface area (TPSA) is 25.8 Å². The number of unbranched alkanes of at least 4 members (excludes halogenated alkanes) is 6. The minimum Gasteiger partial charge on any atom is -0.155 e. The first-order valence-corrected chi connectivity index (χ1v) is 13.7. The Kier molecular flexibility index (Phi) is 11.3. The summed E-state index contributed by atoms with van der Waals surface area (Å²) in [7, 11) is 0. The van der Waals surface area contributed by atoms with E-state index < -0.39 is 0 Å². The van der Waals surface area contributed by atoms with Gasteiger partial charge in [-0.05, 0) is 55.2 Å². The molecule has 176 valence electrons. The summed E-state index contributed by atoms with van der Waals surface area (Å²) in [5.74, 6) is 1.90. The number of hydrogen-bond donors (Lipinski definition) is 0. The predicted octanol–water partition coefficient (Wildman–Crippen LogP) is 8.98. The van der Waals surface area contributed by atoms with Gasteiger partial charge in [-0.1, -0.05) is 115 Å². The van der Waals surface area contributed by atoms with Crippen LogP contribution in [-0.4, -0.2) is 10.2 Å². The van der Waals surface area contributed by atoms with E-state index in [4.69, 9.17) is 0 Å². The molecule has 1 aromatic heterocycles.